The van der Waals surface area contributed by atoms with Crippen LogP contribution in [-0.2, 0) is 10.5 Å². The van der Waals surface area contributed by atoms with Crippen molar-refractivity contribution in [3.05, 3.63) is 36.4 Å². The van der Waals surface area contributed by atoms with Crippen LogP contribution in [0.1, 0.15) is 0 Å². The van der Waals surface area contributed by atoms with Crippen LogP contribution in [0.4, 0.5) is 3.89 Å². The van der Waals surface area contributed by atoms with E-state index in [1.165, 1.54) is 13.2 Å². The molecular formula is C11H9FO4S. The second-order valence-electron chi connectivity index (χ2n) is 3.29. The smallest absolute Gasteiger partial charge is 0.488 e. The van der Waals surface area contributed by atoms with Gasteiger partial charge in [0, 0.05) is 5.39 Å². The lowest BCUT2D eigenvalue weighted by molar-refractivity contribution is 0.385. The first kappa shape index (κ1) is 11.7. The van der Waals surface area contributed by atoms with Crippen LogP contribution in [0.2, 0.25) is 0 Å². The minimum Gasteiger partial charge on any atom is -0.492 e. The molecule has 0 aliphatic heterocycles. The van der Waals surface area contributed by atoms with Crippen LogP contribution in [0.5, 0.6) is 11.5 Å². The molecule has 17 heavy (non-hydrogen) atoms. The second-order valence-corrected chi connectivity index (χ2v) is 4.25. The highest BCUT2D eigenvalue weighted by atomic mass is 32.3. The minimum absolute atomic E-state index is 0.172. The molecular weight excluding hydrogens is 247 g/mol. The Kier molecular flexibility index (Phi) is 2.89. The molecule has 0 spiro atoms. The lowest BCUT2D eigenvalue weighted by atomic mass is 10.1. The number of halogens is 1. The standard InChI is InChI=1S/C11H9FO4S/c1-15-11-9-5-3-2-4-8(9)6-7-10(11)16-17(12,13)14/h2-7H,1H3. The summed E-state index contributed by atoms with van der Waals surface area (Å²) >= 11 is 0. The average Bonchev–Trinajstić information content (AvgIpc) is 2.27. The zero-order valence-corrected chi connectivity index (χ0v) is 9.70. The number of hydrogen-bond acceptors (Lipinski definition) is 4. The van der Waals surface area contributed by atoms with E-state index >= 15 is 0 Å². The van der Waals surface area contributed by atoms with Gasteiger partial charge in [0.05, 0.1) is 7.11 Å². The van der Waals surface area contributed by atoms with E-state index in [0.717, 1.165) is 5.39 Å². The lowest BCUT2D eigenvalue weighted by Gasteiger charge is -2.09. The first-order chi connectivity index (χ1) is 8.01. The van der Waals surface area contributed by atoms with Gasteiger partial charge in [0.1, 0.15) is 0 Å². The van der Waals surface area contributed by atoms with Crippen molar-refractivity contribution in [3.8, 4) is 11.5 Å². The normalized spacial score (nSPS) is 11.4. The molecule has 0 radical (unpaired) electrons. The van der Waals surface area contributed by atoms with E-state index in [2.05, 4.69) is 4.18 Å². The van der Waals surface area contributed by atoms with E-state index in [0.29, 0.717) is 5.39 Å². The maximum absolute atomic E-state index is 12.5. The summed E-state index contributed by atoms with van der Waals surface area (Å²) in [4.78, 5) is 0. The van der Waals surface area contributed by atoms with Gasteiger partial charge in [0.15, 0.2) is 11.5 Å². The van der Waals surface area contributed by atoms with Gasteiger partial charge in [-0.25, -0.2) is 0 Å². The predicted molar refractivity (Wildman–Crippen MR) is 61.2 cm³/mol. The van der Waals surface area contributed by atoms with E-state index in [1.807, 2.05) is 12.1 Å². The van der Waals surface area contributed by atoms with E-state index in [-0.39, 0.29) is 11.5 Å². The quantitative estimate of drug-likeness (QED) is 0.791. The molecule has 0 aliphatic rings. The Morgan fingerprint density at radius 1 is 1.12 bits per heavy atom. The molecule has 2 aromatic carbocycles. The molecule has 6 heteroatoms. The van der Waals surface area contributed by atoms with Gasteiger partial charge in [-0.3, -0.25) is 0 Å². The zero-order chi connectivity index (χ0) is 12.5. The first-order valence-electron chi connectivity index (χ1n) is 4.71. The molecule has 0 saturated heterocycles. The molecule has 2 rings (SSSR count). The number of hydrogen-bond donors (Lipinski definition) is 0. The molecule has 0 fully saturated rings. The van der Waals surface area contributed by atoms with Crippen molar-refractivity contribution in [2.75, 3.05) is 7.11 Å². The molecule has 0 saturated carbocycles. The second kappa shape index (κ2) is 4.21. The third-order valence-electron chi connectivity index (χ3n) is 2.24. The maximum Gasteiger partial charge on any atom is 0.488 e. The summed E-state index contributed by atoms with van der Waals surface area (Å²) < 4.78 is 42.7. The summed E-state index contributed by atoms with van der Waals surface area (Å²) in [5, 5.41) is 1.49. The first-order valence-corrected chi connectivity index (χ1v) is 6.02. The summed E-state index contributed by atoms with van der Waals surface area (Å²) in [7, 11) is -3.70. The molecule has 0 atom stereocenters. The van der Waals surface area contributed by atoms with E-state index in [1.54, 1.807) is 18.2 Å². The van der Waals surface area contributed by atoms with Gasteiger partial charge in [-0.1, -0.05) is 34.2 Å². The molecule has 90 valence electrons. The van der Waals surface area contributed by atoms with E-state index in [9.17, 15) is 12.3 Å². The topological polar surface area (TPSA) is 52.6 Å². The average molecular weight is 256 g/mol. The molecule has 0 unspecified atom stereocenters. The summed E-state index contributed by atoms with van der Waals surface area (Å²) in [6.07, 6.45) is 0. The van der Waals surface area contributed by atoms with Crippen LogP contribution >= 0.6 is 0 Å². The molecule has 0 amide bonds. The van der Waals surface area contributed by atoms with Crippen LogP contribution < -0.4 is 8.92 Å². The number of methoxy groups -OCH3 is 1. The Morgan fingerprint density at radius 2 is 1.82 bits per heavy atom. The van der Waals surface area contributed by atoms with Crippen molar-refractivity contribution in [1.29, 1.82) is 0 Å². The van der Waals surface area contributed by atoms with Crippen LogP contribution in [0, 0.1) is 0 Å². The fourth-order valence-corrected chi connectivity index (χ4v) is 1.95. The van der Waals surface area contributed by atoms with E-state index in [4.69, 9.17) is 4.74 Å². The summed E-state index contributed by atoms with van der Waals surface area (Å²) in [5.41, 5.74) is 0. The van der Waals surface area contributed by atoms with Gasteiger partial charge in [-0.2, -0.15) is 8.42 Å². The van der Waals surface area contributed by atoms with Crippen LogP contribution in [0.25, 0.3) is 10.8 Å². The van der Waals surface area contributed by atoms with Crippen LogP contribution in [-0.4, -0.2) is 15.5 Å². The van der Waals surface area contributed by atoms with Crippen molar-refractivity contribution in [2.45, 2.75) is 0 Å². The predicted octanol–water partition coefficient (Wildman–Crippen LogP) is 2.44. The van der Waals surface area contributed by atoms with Gasteiger partial charge in [0.25, 0.3) is 0 Å². The number of benzene rings is 2. The number of rotatable bonds is 3. The highest BCUT2D eigenvalue weighted by Gasteiger charge is 2.16. The molecule has 2 aromatic rings. The van der Waals surface area contributed by atoms with Crippen molar-refractivity contribution in [2.24, 2.45) is 0 Å². The summed E-state index contributed by atoms with van der Waals surface area (Å²) in [6, 6.07) is 10.1. The van der Waals surface area contributed by atoms with Crippen molar-refractivity contribution in [3.63, 3.8) is 0 Å². The zero-order valence-electron chi connectivity index (χ0n) is 8.88. The monoisotopic (exact) mass is 256 g/mol. The van der Waals surface area contributed by atoms with Crippen molar-refractivity contribution in [1.82, 2.24) is 0 Å². The Labute approximate surface area is 98.0 Å². The van der Waals surface area contributed by atoms with Crippen molar-refractivity contribution < 1.29 is 21.2 Å². The Hall–Kier alpha value is -1.82. The maximum atomic E-state index is 12.5. The van der Waals surface area contributed by atoms with Gasteiger partial charge in [-0.15, -0.1) is 0 Å². The summed E-state index contributed by atoms with van der Waals surface area (Å²) in [5.74, 6) is 0.0121. The van der Waals surface area contributed by atoms with Crippen LogP contribution in [0.3, 0.4) is 0 Å². The molecule has 4 nitrogen and oxygen atoms in total. The third kappa shape index (κ3) is 2.47. The summed E-state index contributed by atoms with van der Waals surface area (Å²) in [6.45, 7) is 0. The molecule has 0 aliphatic carbocycles. The fourth-order valence-electron chi connectivity index (χ4n) is 1.61. The largest absolute Gasteiger partial charge is 0.492 e. The highest BCUT2D eigenvalue weighted by Crippen LogP contribution is 2.36. The fraction of sp³-hybridized carbons (Fsp3) is 0.0909. The third-order valence-corrected chi connectivity index (χ3v) is 2.62. The SMILES string of the molecule is COc1c(OS(=O)(=O)F)ccc2ccccc12. The van der Waals surface area contributed by atoms with Gasteiger partial charge >= 0.3 is 10.5 Å². The lowest BCUT2D eigenvalue weighted by Crippen LogP contribution is -2.03. The Balaban J connectivity index is 2.65. The molecule has 0 heterocycles. The van der Waals surface area contributed by atoms with Gasteiger partial charge in [-0.05, 0) is 11.5 Å². The number of ether oxygens (including phenoxy) is 1. The Morgan fingerprint density at radius 3 is 2.47 bits per heavy atom. The van der Waals surface area contributed by atoms with Gasteiger partial charge < -0.3 is 8.92 Å². The molecule has 0 aromatic heterocycles. The molecule has 0 bridgehead atoms. The van der Waals surface area contributed by atoms with Crippen LogP contribution in [0.15, 0.2) is 36.4 Å². The Bertz CT molecular complexity index is 652. The minimum atomic E-state index is -5.06. The number of fused-ring (bicyclic) bond motifs is 1. The highest BCUT2D eigenvalue weighted by molar-refractivity contribution is 7.81. The van der Waals surface area contributed by atoms with Crippen molar-refractivity contribution >= 4 is 21.3 Å². The molecule has 0 N–H and O–H groups in total. The van der Waals surface area contributed by atoms with E-state index < -0.39 is 10.5 Å². The van der Waals surface area contributed by atoms with Gasteiger partial charge in [0.2, 0.25) is 0 Å².